The van der Waals surface area contributed by atoms with Crippen LogP contribution < -0.4 is 0 Å². The molecule has 122 valence electrons. The SMILES string of the molecule is CCCC1(CC)CCC(C2CCC(C(=O)OC)CC2)CC1. The van der Waals surface area contributed by atoms with Crippen LogP contribution in [0.15, 0.2) is 0 Å². The van der Waals surface area contributed by atoms with E-state index in [4.69, 9.17) is 4.74 Å². The molecule has 2 fully saturated rings. The van der Waals surface area contributed by atoms with Gasteiger partial charge >= 0.3 is 5.97 Å². The monoisotopic (exact) mass is 294 g/mol. The van der Waals surface area contributed by atoms with Crippen LogP contribution in [0.2, 0.25) is 0 Å². The minimum Gasteiger partial charge on any atom is -0.469 e. The van der Waals surface area contributed by atoms with E-state index in [2.05, 4.69) is 13.8 Å². The van der Waals surface area contributed by atoms with Crippen molar-refractivity contribution in [2.75, 3.05) is 7.11 Å². The summed E-state index contributed by atoms with van der Waals surface area (Å²) in [5.74, 6) is 2.01. The maximum Gasteiger partial charge on any atom is 0.308 e. The van der Waals surface area contributed by atoms with E-state index in [9.17, 15) is 4.79 Å². The molecule has 0 aromatic heterocycles. The van der Waals surface area contributed by atoms with E-state index in [1.54, 1.807) is 0 Å². The Bertz CT molecular complexity index is 320. The summed E-state index contributed by atoms with van der Waals surface area (Å²) in [6.07, 6.45) is 14.5. The number of carbonyl (C=O) groups is 1. The average Bonchev–Trinajstić information content (AvgIpc) is 2.55. The summed E-state index contributed by atoms with van der Waals surface area (Å²) in [7, 11) is 1.52. The lowest BCUT2D eigenvalue weighted by Gasteiger charge is -2.43. The van der Waals surface area contributed by atoms with Crippen molar-refractivity contribution in [3.05, 3.63) is 0 Å². The maximum absolute atomic E-state index is 11.6. The number of rotatable bonds is 5. The molecule has 0 aliphatic heterocycles. The second-order valence-corrected chi connectivity index (χ2v) is 7.58. The van der Waals surface area contributed by atoms with Crippen molar-refractivity contribution >= 4 is 5.97 Å². The first kappa shape index (κ1) is 16.8. The second-order valence-electron chi connectivity index (χ2n) is 7.58. The largest absolute Gasteiger partial charge is 0.469 e. The molecule has 0 unspecified atom stereocenters. The Morgan fingerprint density at radius 3 is 2.05 bits per heavy atom. The normalized spacial score (nSPS) is 37.2. The molecule has 2 rings (SSSR count). The van der Waals surface area contributed by atoms with Gasteiger partial charge in [-0.15, -0.1) is 0 Å². The summed E-state index contributed by atoms with van der Waals surface area (Å²) in [5.41, 5.74) is 0.661. The van der Waals surface area contributed by atoms with Crippen LogP contribution in [0.25, 0.3) is 0 Å². The fraction of sp³-hybridized carbons (Fsp3) is 0.947. The Morgan fingerprint density at radius 1 is 1.00 bits per heavy atom. The van der Waals surface area contributed by atoms with Crippen molar-refractivity contribution in [3.63, 3.8) is 0 Å². The van der Waals surface area contributed by atoms with Crippen LogP contribution >= 0.6 is 0 Å². The highest BCUT2D eigenvalue weighted by molar-refractivity contribution is 5.72. The Kier molecular flexibility index (Phi) is 6.13. The number of esters is 1. The molecule has 0 N–H and O–H groups in total. The Hall–Kier alpha value is -0.530. The average molecular weight is 294 g/mol. The predicted molar refractivity (Wildman–Crippen MR) is 87.1 cm³/mol. The van der Waals surface area contributed by atoms with Crippen molar-refractivity contribution in [3.8, 4) is 0 Å². The van der Waals surface area contributed by atoms with E-state index >= 15 is 0 Å². The predicted octanol–water partition coefficient (Wildman–Crippen LogP) is 5.35. The molecule has 2 aliphatic carbocycles. The van der Waals surface area contributed by atoms with Gasteiger partial charge in [-0.1, -0.05) is 26.7 Å². The van der Waals surface area contributed by atoms with Crippen molar-refractivity contribution in [1.82, 2.24) is 0 Å². The van der Waals surface area contributed by atoms with Gasteiger partial charge in [0.25, 0.3) is 0 Å². The highest BCUT2D eigenvalue weighted by Crippen LogP contribution is 2.49. The van der Waals surface area contributed by atoms with E-state index in [1.165, 1.54) is 64.9 Å². The summed E-state index contributed by atoms with van der Waals surface area (Å²) in [6.45, 7) is 4.72. The standard InChI is InChI=1S/C19H34O2/c1-4-12-19(5-2)13-10-16(11-14-19)15-6-8-17(9-7-15)18(20)21-3/h15-17H,4-14H2,1-3H3. The summed E-state index contributed by atoms with van der Waals surface area (Å²) in [5, 5.41) is 0. The molecule has 2 saturated carbocycles. The van der Waals surface area contributed by atoms with Gasteiger partial charge in [-0.25, -0.2) is 0 Å². The first-order valence-electron chi connectivity index (χ1n) is 9.22. The van der Waals surface area contributed by atoms with Crippen molar-refractivity contribution in [2.45, 2.75) is 84.5 Å². The lowest BCUT2D eigenvalue weighted by Crippen LogP contribution is -2.32. The topological polar surface area (TPSA) is 26.3 Å². The fourth-order valence-electron chi connectivity index (χ4n) is 5.03. The van der Waals surface area contributed by atoms with E-state index in [0.29, 0.717) is 5.41 Å². The molecule has 2 heteroatoms. The molecule has 0 aromatic carbocycles. The zero-order valence-corrected chi connectivity index (χ0v) is 14.3. The Balaban J connectivity index is 1.80. The van der Waals surface area contributed by atoms with Crippen LogP contribution in [-0.2, 0) is 9.53 Å². The molecule has 21 heavy (non-hydrogen) atoms. The summed E-state index contributed by atoms with van der Waals surface area (Å²) < 4.78 is 4.90. The van der Waals surface area contributed by atoms with Gasteiger partial charge in [0.15, 0.2) is 0 Å². The van der Waals surface area contributed by atoms with E-state index in [-0.39, 0.29) is 11.9 Å². The summed E-state index contributed by atoms with van der Waals surface area (Å²) in [6, 6.07) is 0. The van der Waals surface area contributed by atoms with Crippen LogP contribution in [-0.4, -0.2) is 13.1 Å². The molecule has 0 aromatic rings. The molecule has 0 saturated heterocycles. The van der Waals surface area contributed by atoms with Crippen LogP contribution in [0.4, 0.5) is 0 Å². The minimum atomic E-state index is 0.0186. The molecule has 0 amide bonds. The molecular formula is C19H34O2. The first-order valence-corrected chi connectivity index (χ1v) is 9.22. The minimum absolute atomic E-state index is 0.0186. The first-order chi connectivity index (χ1) is 10.1. The third-order valence-electron chi connectivity index (χ3n) is 6.59. The molecule has 0 radical (unpaired) electrons. The number of hydrogen-bond acceptors (Lipinski definition) is 2. The molecule has 0 bridgehead atoms. The third-order valence-corrected chi connectivity index (χ3v) is 6.59. The maximum atomic E-state index is 11.6. The summed E-state index contributed by atoms with van der Waals surface area (Å²) in [4.78, 5) is 11.6. The van der Waals surface area contributed by atoms with Gasteiger partial charge in [-0.3, -0.25) is 4.79 Å². The molecule has 0 atom stereocenters. The Morgan fingerprint density at radius 2 is 1.57 bits per heavy atom. The van der Waals surface area contributed by atoms with Gasteiger partial charge in [-0.05, 0) is 75.0 Å². The van der Waals surface area contributed by atoms with Crippen LogP contribution in [0.1, 0.15) is 84.5 Å². The lowest BCUT2D eigenvalue weighted by atomic mass is 9.62. The quantitative estimate of drug-likeness (QED) is 0.639. The van der Waals surface area contributed by atoms with Crippen molar-refractivity contribution < 1.29 is 9.53 Å². The van der Waals surface area contributed by atoms with Crippen molar-refractivity contribution in [1.29, 1.82) is 0 Å². The number of methoxy groups -OCH3 is 1. The van der Waals surface area contributed by atoms with Gasteiger partial charge in [0.05, 0.1) is 13.0 Å². The number of hydrogen-bond donors (Lipinski definition) is 0. The zero-order valence-electron chi connectivity index (χ0n) is 14.3. The van der Waals surface area contributed by atoms with E-state index < -0.39 is 0 Å². The zero-order chi connectivity index (χ0) is 15.3. The molecule has 0 spiro atoms. The van der Waals surface area contributed by atoms with Gasteiger partial charge < -0.3 is 4.74 Å². The van der Waals surface area contributed by atoms with E-state index in [1.807, 2.05) is 0 Å². The van der Waals surface area contributed by atoms with Gasteiger partial charge in [0.2, 0.25) is 0 Å². The second kappa shape index (κ2) is 7.65. The van der Waals surface area contributed by atoms with Crippen LogP contribution in [0, 0.1) is 23.2 Å². The highest BCUT2D eigenvalue weighted by Gasteiger charge is 2.37. The molecule has 2 aliphatic rings. The van der Waals surface area contributed by atoms with E-state index in [0.717, 1.165) is 24.7 Å². The highest BCUT2D eigenvalue weighted by atomic mass is 16.5. The van der Waals surface area contributed by atoms with Gasteiger partial charge in [0, 0.05) is 0 Å². The van der Waals surface area contributed by atoms with Crippen molar-refractivity contribution in [2.24, 2.45) is 23.2 Å². The van der Waals surface area contributed by atoms with Crippen LogP contribution in [0.5, 0.6) is 0 Å². The summed E-state index contributed by atoms with van der Waals surface area (Å²) >= 11 is 0. The van der Waals surface area contributed by atoms with Gasteiger partial charge in [0.1, 0.15) is 0 Å². The van der Waals surface area contributed by atoms with Gasteiger partial charge in [-0.2, -0.15) is 0 Å². The molecule has 2 nitrogen and oxygen atoms in total. The Labute approximate surface area is 131 Å². The molecule has 0 heterocycles. The third kappa shape index (κ3) is 4.02. The lowest BCUT2D eigenvalue weighted by molar-refractivity contribution is -0.147. The number of ether oxygens (including phenoxy) is 1. The number of carbonyl (C=O) groups excluding carboxylic acids is 1. The fourth-order valence-corrected chi connectivity index (χ4v) is 5.03. The molecular weight excluding hydrogens is 260 g/mol. The van der Waals surface area contributed by atoms with Crippen LogP contribution in [0.3, 0.4) is 0 Å². The smallest absolute Gasteiger partial charge is 0.308 e.